The largest absolute Gasteiger partial charge is 1.00 e. The molecule has 0 aromatic heterocycles. The minimum absolute atomic E-state index is 0. The van der Waals surface area contributed by atoms with Gasteiger partial charge < -0.3 is 24.8 Å². The van der Waals surface area contributed by atoms with E-state index in [1.54, 1.807) is 22.3 Å². The first-order valence-electron chi connectivity index (χ1n) is 9.05. The Bertz CT molecular complexity index is 721. The maximum absolute atomic E-state index is 2.36. The first kappa shape index (κ1) is 24.7. The predicted octanol–water partition coefficient (Wildman–Crippen LogP) is 0.103. The van der Waals surface area contributed by atoms with Crippen molar-refractivity contribution in [2.45, 2.75) is 36.6 Å². The van der Waals surface area contributed by atoms with Crippen LogP contribution in [0.4, 0.5) is 0 Å². The molecule has 0 heterocycles. The third-order valence-corrected chi connectivity index (χ3v) is 11.4. The predicted molar refractivity (Wildman–Crippen MR) is 109 cm³/mol. The van der Waals surface area contributed by atoms with Gasteiger partial charge in [-0.25, -0.2) is 0 Å². The summed E-state index contributed by atoms with van der Waals surface area (Å²) in [6.07, 6.45) is 1.33. The van der Waals surface area contributed by atoms with Crippen molar-refractivity contribution in [1.82, 2.24) is 0 Å². The maximum atomic E-state index is 2.36. The topological polar surface area (TPSA) is 0 Å². The van der Waals surface area contributed by atoms with Gasteiger partial charge in [-0.15, -0.1) is 0 Å². The van der Waals surface area contributed by atoms with Crippen LogP contribution in [0.15, 0.2) is 83.0 Å². The molecular formula is C23H27Cl2PTi. The molecule has 3 rings (SSSR count). The van der Waals surface area contributed by atoms with E-state index < -0.39 is 0 Å². The van der Waals surface area contributed by atoms with Gasteiger partial charge in [-0.2, -0.15) is 0 Å². The summed E-state index contributed by atoms with van der Waals surface area (Å²) in [6.45, 7) is 9.34. The van der Waals surface area contributed by atoms with Crippen LogP contribution in [0.1, 0.15) is 27.7 Å². The summed E-state index contributed by atoms with van der Waals surface area (Å²) in [6, 6.07) is 22.3. The molecular weight excluding hydrogens is 426 g/mol. The summed E-state index contributed by atoms with van der Waals surface area (Å²) in [7, 11) is -0.223. The van der Waals surface area contributed by atoms with Gasteiger partial charge in [0.15, 0.2) is 0 Å². The minimum atomic E-state index is -0.223. The molecule has 0 radical (unpaired) electrons. The Morgan fingerprint density at radius 1 is 0.704 bits per heavy atom. The molecule has 0 aliphatic heterocycles. The fourth-order valence-electron chi connectivity index (χ4n) is 3.60. The van der Waals surface area contributed by atoms with Crippen molar-refractivity contribution in [2.24, 2.45) is 0 Å². The van der Waals surface area contributed by atoms with Gasteiger partial charge in [-0.05, 0) is 0 Å². The zero-order valence-corrected chi connectivity index (χ0v) is 20.4. The molecule has 0 atom stereocenters. The van der Waals surface area contributed by atoms with Gasteiger partial charge in [0.1, 0.15) is 0 Å². The van der Waals surface area contributed by atoms with Gasteiger partial charge in [0.05, 0.1) is 0 Å². The Labute approximate surface area is 187 Å². The number of benzene rings is 2. The maximum Gasteiger partial charge on any atom is -1.00 e. The summed E-state index contributed by atoms with van der Waals surface area (Å²) < 4.78 is 2.21. The minimum Gasteiger partial charge on any atom is -1.00 e. The van der Waals surface area contributed by atoms with Gasteiger partial charge in [0.25, 0.3) is 0 Å². The number of hydrogen-bond acceptors (Lipinski definition) is 0. The average molecular weight is 453 g/mol. The van der Waals surface area contributed by atoms with Crippen molar-refractivity contribution < 1.29 is 44.0 Å². The normalized spacial score (nSPS) is 14.1. The van der Waals surface area contributed by atoms with Crippen molar-refractivity contribution in [1.29, 1.82) is 0 Å². The molecule has 0 saturated carbocycles. The Hall–Kier alpha value is -0.356. The zero-order chi connectivity index (χ0) is 17.8. The standard InChI is InChI=1S/C14H14P.C9H13.2ClH.Ti/c1-2-15(13-9-5-3-6-10-13)14-11-7-4-8-12-14;1-6-5-7(2)9(4)8(6)3;;;/h3-12H,1-2H2;5H,1-4H3;2*1H;/q;;;;+2/p-2. The van der Waals surface area contributed by atoms with Crippen molar-refractivity contribution in [2.75, 3.05) is 6.16 Å². The molecule has 142 valence electrons. The number of allylic oxidation sites excluding steroid dienone is 4. The Balaban J connectivity index is 0.00000182. The van der Waals surface area contributed by atoms with Crippen LogP contribution in [-0.2, 0) is 19.2 Å². The molecule has 27 heavy (non-hydrogen) atoms. The summed E-state index contributed by atoms with van der Waals surface area (Å²) >= 11 is 0.0177. The first-order chi connectivity index (χ1) is 12.1. The second-order valence-corrected chi connectivity index (χ2v) is 11.5. The second kappa shape index (κ2) is 11.6. The van der Waals surface area contributed by atoms with Crippen LogP contribution < -0.4 is 35.4 Å². The van der Waals surface area contributed by atoms with Gasteiger partial charge >= 0.3 is 163 Å². The number of halogens is 2. The van der Waals surface area contributed by atoms with Crippen LogP contribution >= 0.6 is 7.92 Å². The summed E-state index contributed by atoms with van der Waals surface area (Å²) in [4.78, 5) is 0. The Morgan fingerprint density at radius 2 is 1.11 bits per heavy atom. The van der Waals surface area contributed by atoms with E-state index in [0.29, 0.717) is 0 Å². The summed E-state index contributed by atoms with van der Waals surface area (Å²) in [5.74, 6) is 0. The molecule has 0 N–H and O–H groups in total. The summed E-state index contributed by atoms with van der Waals surface area (Å²) in [5, 5.41) is 3.04. The van der Waals surface area contributed by atoms with E-state index in [0.717, 1.165) is 4.22 Å². The zero-order valence-electron chi connectivity index (χ0n) is 16.5. The fraction of sp³-hybridized carbons (Fsp3) is 0.304. The molecule has 0 nitrogen and oxygen atoms in total. The van der Waals surface area contributed by atoms with E-state index in [1.165, 1.54) is 21.5 Å². The van der Waals surface area contributed by atoms with E-state index in [1.807, 2.05) is 0 Å². The van der Waals surface area contributed by atoms with E-state index in [-0.39, 0.29) is 51.9 Å². The van der Waals surface area contributed by atoms with Crippen LogP contribution in [0.2, 0.25) is 8.95 Å². The third-order valence-electron chi connectivity index (χ3n) is 5.43. The van der Waals surface area contributed by atoms with Crippen molar-refractivity contribution in [3.8, 4) is 0 Å². The molecule has 1 aliphatic carbocycles. The molecule has 0 saturated heterocycles. The Kier molecular flexibility index (Phi) is 10.6. The molecule has 0 unspecified atom stereocenters. The molecule has 4 heteroatoms. The van der Waals surface area contributed by atoms with Crippen molar-refractivity contribution in [3.05, 3.63) is 83.0 Å². The number of hydrogen-bond donors (Lipinski definition) is 0. The van der Waals surface area contributed by atoms with Gasteiger partial charge in [-0.3, -0.25) is 0 Å². The molecule has 0 fully saturated rings. The van der Waals surface area contributed by atoms with Gasteiger partial charge in [0.2, 0.25) is 0 Å². The van der Waals surface area contributed by atoms with E-state index >= 15 is 0 Å². The molecule has 2 aromatic carbocycles. The average Bonchev–Trinajstić information content (AvgIpc) is 2.84. The quantitative estimate of drug-likeness (QED) is 0.431. The van der Waals surface area contributed by atoms with Crippen LogP contribution in [0.25, 0.3) is 0 Å². The SMILES string of the molecule is CC1=C(C)[CH]([Ti+2][CH2]CP(c2ccccc2)c2ccccc2)C(C)=C1C.[Cl-].[Cl-]. The molecule has 0 bridgehead atoms. The second-order valence-electron chi connectivity index (χ2n) is 6.83. The molecule has 0 spiro atoms. The number of rotatable bonds is 6. The fourth-order valence-corrected chi connectivity index (χ4v) is 9.57. The van der Waals surface area contributed by atoms with Gasteiger partial charge in [-0.1, -0.05) is 0 Å². The molecule has 2 aromatic rings. The first-order valence-corrected chi connectivity index (χ1v) is 12.6. The van der Waals surface area contributed by atoms with Crippen molar-refractivity contribution >= 4 is 18.5 Å². The van der Waals surface area contributed by atoms with Crippen LogP contribution in [0.5, 0.6) is 0 Å². The summed E-state index contributed by atoms with van der Waals surface area (Å²) in [5.41, 5.74) is 6.41. The van der Waals surface area contributed by atoms with E-state index in [4.69, 9.17) is 0 Å². The smallest absolute Gasteiger partial charge is 1.00 e. The van der Waals surface area contributed by atoms with E-state index in [2.05, 4.69) is 88.4 Å². The van der Waals surface area contributed by atoms with Crippen LogP contribution in [0, 0.1) is 0 Å². The van der Waals surface area contributed by atoms with Crippen LogP contribution in [0.3, 0.4) is 0 Å². The third kappa shape index (κ3) is 5.82. The molecule has 1 aliphatic rings. The Morgan fingerprint density at radius 3 is 1.52 bits per heavy atom. The van der Waals surface area contributed by atoms with Crippen LogP contribution in [-0.4, -0.2) is 6.16 Å². The molecule has 0 amide bonds. The monoisotopic (exact) mass is 452 g/mol. The van der Waals surface area contributed by atoms with Crippen molar-refractivity contribution in [3.63, 3.8) is 0 Å². The van der Waals surface area contributed by atoms with E-state index in [9.17, 15) is 0 Å². The van der Waals surface area contributed by atoms with Gasteiger partial charge in [0, 0.05) is 0 Å².